The topological polar surface area (TPSA) is 49.8 Å². The molecule has 1 aliphatic rings. The van der Waals surface area contributed by atoms with Gasteiger partial charge < -0.3 is 14.7 Å². The first-order valence-electron chi connectivity index (χ1n) is 10.9. The first kappa shape index (κ1) is 21.0. The number of carboxylic acid groups (broad SMARTS) is 1. The molecule has 0 fully saturated rings. The first-order chi connectivity index (χ1) is 15.1. The summed E-state index contributed by atoms with van der Waals surface area (Å²) in [5.74, 6) is 0.164. The van der Waals surface area contributed by atoms with E-state index in [1.54, 1.807) is 0 Å². The Balaban J connectivity index is 1.48. The number of carboxylic acids is 1. The lowest BCUT2D eigenvalue weighted by Crippen LogP contribution is -2.29. The first-order valence-corrected chi connectivity index (χ1v) is 10.9. The van der Waals surface area contributed by atoms with Crippen LogP contribution in [-0.2, 0) is 30.8 Å². The normalized spacial score (nSPS) is 13.0. The van der Waals surface area contributed by atoms with Crippen molar-refractivity contribution < 1.29 is 14.6 Å². The molecule has 1 aliphatic heterocycles. The highest BCUT2D eigenvalue weighted by atomic mass is 16.5. The fourth-order valence-corrected chi connectivity index (χ4v) is 4.18. The number of ether oxygens (including phenoxy) is 1. The van der Waals surface area contributed by atoms with E-state index in [1.165, 1.54) is 22.4 Å². The van der Waals surface area contributed by atoms with E-state index < -0.39 is 5.97 Å². The standard InChI is InChI=1S/C27H29NO3/c1-20-6-2-3-7-24(20)18-28-17-5-9-23-8-4-10-25(27(23)28)31-19-22-13-11-21(12-14-22)15-16-26(29)30/h2-4,6-8,10-14H,5,9,15-19H2,1H3,(H,29,30). The minimum absolute atomic E-state index is 0.155. The van der Waals surface area contributed by atoms with Crippen LogP contribution in [0.5, 0.6) is 5.75 Å². The van der Waals surface area contributed by atoms with Crippen LogP contribution in [0, 0.1) is 6.92 Å². The van der Waals surface area contributed by atoms with Gasteiger partial charge in [-0.15, -0.1) is 0 Å². The third-order valence-corrected chi connectivity index (χ3v) is 5.94. The van der Waals surface area contributed by atoms with Gasteiger partial charge in [0.25, 0.3) is 0 Å². The van der Waals surface area contributed by atoms with Crippen LogP contribution in [0.1, 0.15) is 40.7 Å². The Morgan fingerprint density at radius 1 is 1.00 bits per heavy atom. The third kappa shape index (κ3) is 5.26. The highest BCUT2D eigenvalue weighted by Crippen LogP contribution is 2.37. The largest absolute Gasteiger partial charge is 0.487 e. The van der Waals surface area contributed by atoms with Crippen molar-refractivity contribution in [2.75, 3.05) is 11.4 Å². The molecule has 1 N–H and O–H groups in total. The van der Waals surface area contributed by atoms with Gasteiger partial charge in [-0.3, -0.25) is 4.79 Å². The van der Waals surface area contributed by atoms with Crippen LogP contribution in [0.15, 0.2) is 66.7 Å². The number of benzene rings is 3. The average molecular weight is 416 g/mol. The Morgan fingerprint density at radius 3 is 2.55 bits per heavy atom. The van der Waals surface area contributed by atoms with Crippen molar-refractivity contribution in [1.29, 1.82) is 0 Å². The molecule has 1 heterocycles. The Labute approximate surface area is 184 Å². The monoisotopic (exact) mass is 415 g/mol. The zero-order valence-corrected chi connectivity index (χ0v) is 18.0. The minimum atomic E-state index is -0.767. The van der Waals surface area contributed by atoms with E-state index in [2.05, 4.69) is 54.3 Å². The molecule has 0 saturated carbocycles. The summed E-state index contributed by atoms with van der Waals surface area (Å²) >= 11 is 0. The Hall–Kier alpha value is -3.27. The van der Waals surface area contributed by atoms with Crippen molar-refractivity contribution in [2.24, 2.45) is 0 Å². The van der Waals surface area contributed by atoms with Gasteiger partial charge in [-0.25, -0.2) is 0 Å². The van der Waals surface area contributed by atoms with E-state index in [-0.39, 0.29) is 6.42 Å². The molecule has 0 radical (unpaired) electrons. The summed E-state index contributed by atoms with van der Waals surface area (Å²) in [6, 6.07) is 23.0. The van der Waals surface area contributed by atoms with E-state index in [0.717, 1.165) is 42.8 Å². The lowest BCUT2D eigenvalue weighted by atomic mass is 9.99. The van der Waals surface area contributed by atoms with Gasteiger partial charge in [0.15, 0.2) is 0 Å². The molecule has 0 saturated heterocycles. The molecular weight excluding hydrogens is 386 g/mol. The summed E-state index contributed by atoms with van der Waals surface area (Å²) in [4.78, 5) is 13.2. The Morgan fingerprint density at radius 2 is 1.77 bits per heavy atom. The number of rotatable bonds is 8. The summed E-state index contributed by atoms with van der Waals surface area (Å²) in [5.41, 5.74) is 7.35. The van der Waals surface area contributed by atoms with Gasteiger partial charge in [-0.2, -0.15) is 0 Å². The molecule has 0 aromatic heterocycles. The van der Waals surface area contributed by atoms with Crippen LogP contribution in [0.25, 0.3) is 0 Å². The summed E-state index contributed by atoms with van der Waals surface area (Å²) in [5, 5.41) is 8.84. The number of aliphatic carboxylic acids is 1. The maximum absolute atomic E-state index is 10.8. The summed E-state index contributed by atoms with van der Waals surface area (Å²) in [6.45, 7) is 4.58. The van der Waals surface area contributed by atoms with Gasteiger partial charge >= 0.3 is 5.97 Å². The number of aryl methyl sites for hydroxylation is 3. The molecule has 160 valence electrons. The number of hydrogen-bond donors (Lipinski definition) is 1. The number of anilines is 1. The van der Waals surface area contributed by atoms with Crippen molar-refractivity contribution in [3.05, 3.63) is 94.5 Å². The van der Waals surface area contributed by atoms with Crippen LogP contribution in [-0.4, -0.2) is 17.6 Å². The predicted octanol–water partition coefficient (Wildman–Crippen LogP) is 5.54. The molecule has 3 aromatic rings. The molecular formula is C27H29NO3. The van der Waals surface area contributed by atoms with Crippen molar-refractivity contribution in [1.82, 2.24) is 0 Å². The average Bonchev–Trinajstić information content (AvgIpc) is 2.78. The number of hydrogen-bond acceptors (Lipinski definition) is 3. The summed E-state index contributed by atoms with van der Waals surface area (Å²) in [7, 11) is 0. The van der Waals surface area contributed by atoms with Crippen LogP contribution in [0.2, 0.25) is 0 Å². The van der Waals surface area contributed by atoms with E-state index in [1.807, 2.05) is 24.3 Å². The second-order valence-electron chi connectivity index (χ2n) is 8.21. The van der Waals surface area contributed by atoms with Gasteiger partial charge in [-0.1, -0.05) is 60.7 Å². The van der Waals surface area contributed by atoms with Gasteiger partial charge in [0.05, 0.1) is 5.69 Å². The number of nitrogens with zero attached hydrogens (tertiary/aromatic N) is 1. The number of para-hydroxylation sites is 1. The molecule has 31 heavy (non-hydrogen) atoms. The van der Waals surface area contributed by atoms with E-state index >= 15 is 0 Å². The van der Waals surface area contributed by atoms with Crippen molar-refractivity contribution >= 4 is 11.7 Å². The van der Waals surface area contributed by atoms with Crippen LogP contribution in [0.4, 0.5) is 5.69 Å². The SMILES string of the molecule is Cc1ccccc1CN1CCCc2cccc(OCc3ccc(CCC(=O)O)cc3)c21. The highest BCUT2D eigenvalue weighted by molar-refractivity contribution is 5.67. The smallest absolute Gasteiger partial charge is 0.303 e. The molecule has 0 spiro atoms. The number of carbonyl (C=O) groups is 1. The van der Waals surface area contributed by atoms with Crippen LogP contribution >= 0.6 is 0 Å². The van der Waals surface area contributed by atoms with Gasteiger partial charge in [0.2, 0.25) is 0 Å². The summed E-state index contributed by atoms with van der Waals surface area (Å²) in [6.07, 6.45) is 2.94. The predicted molar refractivity (Wildman–Crippen MR) is 124 cm³/mol. The Bertz CT molecular complexity index is 1040. The maximum Gasteiger partial charge on any atom is 0.303 e. The van der Waals surface area contributed by atoms with E-state index in [0.29, 0.717) is 13.0 Å². The fraction of sp³-hybridized carbons (Fsp3) is 0.296. The van der Waals surface area contributed by atoms with Crippen molar-refractivity contribution in [3.8, 4) is 5.75 Å². The maximum atomic E-state index is 10.8. The molecule has 4 nitrogen and oxygen atoms in total. The second-order valence-corrected chi connectivity index (χ2v) is 8.21. The molecule has 0 aliphatic carbocycles. The lowest BCUT2D eigenvalue weighted by molar-refractivity contribution is -0.136. The fourth-order valence-electron chi connectivity index (χ4n) is 4.18. The molecule has 0 unspecified atom stereocenters. The van der Waals surface area contributed by atoms with Crippen LogP contribution < -0.4 is 9.64 Å². The zero-order valence-electron chi connectivity index (χ0n) is 18.0. The molecule has 3 aromatic carbocycles. The number of fused-ring (bicyclic) bond motifs is 1. The van der Waals surface area contributed by atoms with Gasteiger partial charge in [0, 0.05) is 19.5 Å². The molecule has 4 heteroatoms. The molecule has 0 atom stereocenters. The minimum Gasteiger partial charge on any atom is -0.487 e. The zero-order chi connectivity index (χ0) is 21.6. The molecule has 0 bridgehead atoms. The van der Waals surface area contributed by atoms with Crippen molar-refractivity contribution in [2.45, 2.75) is 45.8 Å². The summed E-state index contributed by atoms with van der Waals surface area (Å²) < 4.78 is 6.29. The van der Waals surface area contributed by atoms with E-state index in [4.69, 9.17) is 9.84 Å². The van der Waals surface area contributed by atoms with Gasteiger partial charge in [-0.05, 0) is 60.1 Å². The quantitative estimate of drug-likeness (QED) is 0.524. The molecule has 4 rings (SSSR count). The van der Waals surface area contributed by atoms with Gasteiger partial charge in [0.1, 0.15) is 12.4 Å². The van der Waals surface area contributed by atoms with Crippen molar-refractivity contribution in [3.63, 3.8) is 0 Å². The third-order valence-electron chi connectivity index (χ3n) is 5.94. The second kappa shape index (κ2) is 9.69. The van der Waals surface area contributed by atoms with Crippen LogP contribution in [0.3, 0.4) is 0 Å². The lowest BCUT2D eigenvalue weighted by Gasteiger charge is -2.33. The van der Waals surface area contributed by atoms with E-state index in [9.17, 15) is 4.79 Å². The highest BCUT2D eigenvalue weighted by Gasteiger charge is 2.21. The molecule has 0 amide bonds. The Kier molecular flexibility index (Phi) is 6.56.